The van der Waals surface area contributed by atoms with E-state index in [9.17, 15) is 4.79 Å². The number of likely N-dealkylation sites (tertiary alicyclic amines) is 1. The minimum atomic E-state index is 0.0850. The zero-order chi connectivity index (χ0) is 9.26. The van der Waals surface area contributed by atoms with Crippen molar-refractivity contribution in [1.29, 1.82) is 0 Å². The van der Waals surface area contributed by atoms with Crippen LogP contribution in [-0.4, -0.2) is 42.3 Å². The lowest BCUT2D eigenvalue weighted by molar-refractivity contribution is -0.123. The fourth-order valence-electron chi connectivity index (χ4n) is 1.75. The fourth-order valence-corrected chi connectivity index (χ4v) is 1.75. The molecule has 72 valence electrons. The molecule has 13 heavy (non-hydrogen) atoms. The van der Waals surface area contributed by atoms with E-state index in [1.54, 1.807) is 0 Å². The van der Waals surface area contributed by atoms with Crippen LogP contribution < -0.4 is 5.32 Å². The molecule has 0 aromatic carbocycles. The van der Waals surface area contributed by atoms with Crippen LogP contribution in [0.15, 0.2) is 4.99 Å². The monoisotopic (exact) mass is 181 g/mol. The summed E-state index contributed by atoms with van der Waals surface area (Å²) in [4.78, 5) is 17.8. The highest BCUT2D eigenvalue weighted by Gasteiger charge is 2.26. The molecule has 4 heteroatoms. The minimum Gasteiger partial charge on any atom is -0.361 e. The predicted octanol–water partition coefficient (Wildman–Crippen LogP) is -0.00100. The van der Waals surface area contributed by atoms with Gasteiger partial charge >= 0.3 is 0 Å². The minimum absolute atomic E-state index is 0.0850. The summed E-state index contributed by atoms with van der Waals surface area (Å²) in [6.45, 7) is 4.56. The highest BCUT2D eigenvalue weighted by atomic mass is 16.2. The number of nitrogens with zero attached hydrogens (tertiary/aromatic N) is 2. The van der Waals surface area contributed by atoms with Gasteiger partial charge in [-0.05, 0) is 19.8 Å². The Labute approximate surface area is 78.0 Å². The van der Waals surface area contributed by atoms with Gasteiger partial charge in [0.15, 0.2) is 5.84 Å². The van der Waals surface area contributed by atoms with Crippen molar-refractivity contribution < 1.29 is 4.79 Å². The van der Waals surface area contributed by atoms with Gasteiger partial charge in [-0.1, -0.05) is 0 Å². The number of nitrogens with one attached hydrogen (secondary N) is 1. The van der Waals surface area contributed by atoms with Crippen LogP contribution in [0.5, 0.6) is 0 Å². The van der Waals surface area contributed by atoms with Gasteiger partial charge in [-0.2, -0.15) is 0 Å². The number of hydrogen-bond acceptors (Lipinski definition) is 3. The normalized spacial score (nSPS) is 27.3. The molecule has 4 nitrogen and oxygen atoms in total. The molecule has 1 saturated heterocycles. The van der Waals surface area contributed by atoms with Crippen LogP contribution in [0.2, 0.25) is 0 Å². The Morgan fingerprint density at radius 2 is 2.23 bits per heavy atom. The first-order valence-corrected chi connectivity index (χ1v) is 4.87. The quantitative estimate of drug-likeness (QED) is 0.619. The fraction of sp³-hybridized carbons (Fsp3) is 0.778. The molecule has 2 heterocycles. The van der Waals surface area contributed by atoms with Gasteiger partial charge in [0.25, 0.3) is 5.91 Å². The lowest BCUT2D eigenvalue weighted by Gasteiger charge is -2.15. The number of amides is 1. The molecule has 0 aromatic heterocycles. The first-order valence-electron chi connectivity index (χ1n) is 4.87. The molecule has 1 unspecified atom stereocenters. The highest BCUT2D eigenvalue weighted by molar-refractivity contribution is 6.38. The number of carbonyl (C=O) groups is 1. The largest absolute Gasteiger partial charge is 0.361 e. The Morgan fingerprint density at radius 1 is 1.54 bits per heavy atom. The van der Waals surface area contributed by atoms with Crippen LogP contribution in [-0.2, 0) is 4.79 Å². The van der Waals surface area contributed by atoms with Crippen molar-refractivity contribution in [2.24, 2.45) is 4.99 Å². The molecule has 0 aromatic rings. The second-order valence-corrected chi connectivity index (χ2v) is 3.73. The van der Waals surface area contributed by atoms with E-state index in [4.69, 9.17) is 0 Å². The Hall–Kier alpha value is -1.06. The number of rotatable bonds is 1. The van der Waals surface area contributed by atoms with Gasteiger partial charge in [0.2, 0.25) is 0 Å². The van der Waals surface area contributed by atoms with Crippen LogP contribution in [0.25, 0.3) is 0 Å². The van der Waals surface area contributed by atoms with Crippen LogP contribution >= 0.6 is 0 Å². The van der Waals surface area contributed by atoms with Crippen LogP contribution in [0.4, 0.5) is 0 Å². The summed E-state index contributed by atoms with van der Waals surface area (Å²) < 4.78 is 0. The summed E-state index contributed by atoms with van der Waals surface area (Å²) in [5.41, 5.74) is 0. The molecule has 0 aliphatic carbocycles. The van der Waals surface area contributed by atoms with Crippen LogP contribution in [0.1, 0.15) is 19.8 Å². The van der Waals surface area contributed by atoms with Crippen LogP contribution in [0.3, 0.4) is 0 Å². The first kappa shape index (κ1) is 8.53. The zero-order valence-electron chi connectivity index (χ0n) is 7.92. The average Bonchev–Trinajstić information content (AvgIpc) is 2.72. The van der Waals surface area contributed by atoms with Gasteiger partial charge in [-0.25, -0.2) is 0 Å². The molecule has 0 bridgehead atoms. The maximum Gasteiger partial charge on any atom is 0.288 e. The Kier molecular flexibility index (Phi) is 2.20. The molecule has 1 N–H and O–H groups in total. The molecule has 1 atom stereocenters. The molecule has 2 aliphatic heterocycles. The summed E-state index contributed by atoms with van der Waals surface area (Å²) in [5.74, 6) is 0.649. The third-order valence-corrected chi connectivity index (χ3v) is 2.50. The molecule has 0 radical (unpaired) electrons. The van der Waals surface area contributed by atoms with E-state index in [1.807, 2.05) is 11.8 Å². The van der Waals surface area contributed by atoms with E-state index >= 15 is 0 Å². The smallest absolute Gasteiger partial charge is 0.288 e. The van der Waals surface area contributed by atoms with E-state index in [2.05, 4.69) is 10.3 Å². The summed E-state index contributed by atoms with van der Waals surface area (Å²) in [6, 6.07) is 0.321. The second-order valence-electron chi connectivity index (χ2n) is 3.73. The number of carbonyl (C=O) groups excluding carboxylic acids is 1. The van der Waals surface area contributed by atoms with Crippen molar-refractivity contribution in [3.05, 3.63) is 0 Å². The number of hydrogen-bond donors (Lipinski definition) is 1. The SMILES string of the molecule is CC1CN=C(C(=O)N2CCCC2)N1. The maximum absolute atomic E-state index is 11.7. The van der Waals surface area contributed by atoms with Crippen LogP contribution in [0, 0.1) is 0 Å². The van der Waals surface area contributed by atoms with E-state index in [0.29, 0.717) is 11.9 Å². The van der Waals surface area contributed by atoms with E-state index < -0.39 is 0 Å². The molecule has 1 fully saturated rings. The van der Waals surface area contributed by atoms with Gasteiger partial charge in [0.05, 0.1) is 6.54 Å². The molecular formula is C9H15N3O. The Morgan fingerprint density at radius 3 is 2.77 bits per heavy atom. The van der Waals surface area contributed by atoms with Gasteiger partial charge < -0.3 is 10.2 Å². The molecular weight excluding hydrogens is 166 g/mol. The first-order chi connectivity index (χ1) is 6.27. The summed E-state index contributed by atoms with van der Waals surface area (Å²) in [5, 5.41) is 3.09. The maximum atomic E-state index is 11.7. The Bertz CT molecular complexity index is 243. The van der Waals surface area contributed by atoms with Gasteiger partial charge in [-0.3, -0.25) is 9.79 Å². The van der Waals surface area contributed by atoms with Crippen molar-refractivity contribution >= 4 is 11.7 Å². The van der Waals surface area contributed by atoms with Crippen molar-refractivity contribution in [3.63, 3.8) is 0 Å². The second kappa shape index (κ2) is 3.36. The summed E-state index contributed by atoms with van der Waals surface area (Å²) in [6.07, 6.45) is 2.27. The van der Waals surface area contributed by atoms with Crippen molar-refractivity contribution in [2.45, 2.75) is 25.8 Å². The number of amidine groups is 1. The molecule has 2 rings (SSSR count). The lowest BCUT2D eigenvalue weighted by Crippen LogP contribution is -2.41. The van der Waals surface area contributed by atoms with Gasteiger partial charge in [-0.15, -0.1) is 0 Å². The predicted molar refractivity (Wildman–Crippen MR) is 50.7 cm³/mol. The Balaban J connectivity index is 1.97. The third kappa shape index (κ3) is 1.66. The standard InChI is InChI=1S/C9H15N3O/c1-7-6-10-8(11-7)9(13)12-4-2-3-5-12/h7H,2-6H2,1H3,(H,10,11). The topological polar surface area (TPSA) is 44.7 Å². The van der Waals surface area contributed by atoms with Crippen molar-refractivity contribution in [2.75, 3.05) is 19.6 Å². The highest BCUT2D eigenvalue weighted by Crippen LogP contribution is 2.09. The molecule has 1 amide bonds. The van der Waals surface area contributed by atoms with Crippen molar-refractivity contribution in [3.8, 4) is 0 Å². The lowest BCUT2D eigenvalue weighted by atomic mass is 10.4. The van der Waals surface area contributed by atoms with Gasteiger partial charge in [0, 0.05) is 19.1 Å². The summed E-state index contributed by atoms with van der Waals surface area (Å²) in [7, 11) is 0. The molecule has 0 spiro atoms. The summed E-state index contributed by atoms with van der Waals surface area (Å²) >= 11 is 0. The third-order valence-electron chi connectivity index (χ3n) is 2.50. The molecule has 2 aliphatic rings. The van der Waals surface area contributed by atoms with E-state index in [-0.39, 0.29) is 5.91 Å². The van der Waals surface area contributed by atoms with Crippen molar-refractivity contribution in [1.82, 2.24) is 10.2 Å². The van der Waals surface area contributed by atoms with E-state index in [0.717, 1.165) is 32.5 Å². The average molecular weight is 181 g/mol. The van der Waals surface area contributed by atoms with Gasteiger partial charge in [0.1, 0.15) is 0 Å². The van der Waals surface area contributed by atoms with E-state index in [1.165, 1.54) is 0 Å². The number of aliphatic imine (C=N–C) groups is 1. The molecule has 0 saturated carbocycles. The zero-order valence-corrected chi connectivity index (χ0v) is 7.92.